The molecule has 5 aliphatic carbocycles. The second kappa shape index (κ2) is 14.0. The molecule has 50 heavy (non-hydrogen) atoms. The molecule has 5 rings (SSSR count). The average Bonchev–Trinajstić information content (AvgIpc) is 3.67. The minimum atomic E-state index is -1.13. The second-order valence-electron chi connectivity index (χ2n) is 17.0. The molecule has 9 nitrogen and oxygen atoms in total. The molecule has 0 N–H and O–H groups in total. The van der Waals surface area contributed by atoms with Gasteiger partial charge >= 0.3 is 17.9 Å². The van der Waals surface area contributed by atoms with E-state index in [0.717, 1.165) is 45.2 Å². The lowest BCUT2D eigenvalue weighted by Crippen LogP contribution is -2.56. The van der Waals surface area contributed by atoms with Gasteiger partial charge in [-0.1, -0.05) is 61.1 Å². The largest absolute Gasteiger partial charge is 0.465 e. The molecule has 0 aromatic heterocycles. The number of esters is 3. The Morgan fingerprint density at radius 1 is 1.02 bits per heavy atom. The Hall–Kier alpha value is -2.81. The van der Waals surface area contributed by atoms with Crippen molar-refractivity contribution < 1.29 is 38.2 Å². The first-order valence-corrected chi connectivity index (χ1v) is 19.1. The van der Waals surface area contributed by atoms with Gasteiger partial charge in [0.2, 0.25) is 0 Å². The van der Waals surface area contributed by atoms with Crippen molar-refractivity contribution >= 4 is 29.5 Å². The molecule has 12 atom stereocenters. The first-order chi connectivity index (χ1) is 23.4. The number of nitrogens with zero attached hydrogens (tertiary/aromatic N) is 1. The molecule has 0 aliphatic heterocycles. The first kappa shape index (κ1) is 38.4. The zero-order valence-corrected chi connectivity index (χ0v) is 32.0. The van der Waals surface area contributed by atoms with Gasteiger partial charge in [0.25, 0.3) is 0 Å². The van der Waals surface area contributed by atoms with Crippen LogP contribution < -0.4 is 0 Å². The molecule has 4 fully saturated rings. The van der Waals surface area contributed by atoms with Gasteiger partial charge in [0, 0.05) is 44.1 Å². The molecule has 0 bridgehead atoms. The van der Waals surface area contributed by atoms with Gasteiger partial charge in [0.05, 0.1) is 13.0 Å². The highest BCUT2D eigenvalue weighted by atomic mass is 16.6. The topological polar surface area (TPSA) is 116 Å². The van der Waals surface area contributed by atoms with Gasteiger partial charge in [0.15, 0.2) is 17.7 Å². The third kappa shape index (κ3) is 6.11. The smallest absolute Gasteiger partial charge is 0.307 e. The fourth-order valence-corrected chi connectivity index (χ4v) is 12.0. The van der Waals surface area contributed by atoms with Crippen molar-refractivity contribution in [3.8, 4) is 0 Å². The number of ether oxygens (including phenoxy) is 3. The van der Waals surface area contributed by atoms with Gasteiger partial charge in [-0.2, -0.15) is 0 Å². The molecule has 5 aliphatic rings. The molecule has 0 heterocycles. The number of hydrogen-bond donors (Lipinski definition) is 0. The summed E-state index contributed by atoms with van der Waals surface area (Å²) in [6.45, 7) is 23.8. The molecule has 0 saturated heterocycles. The summed E-state index contributed by atoms with van der Waals surface area (Å²) >= 11 is 0. The molecule has 4 saturated carbocycles. The van der Waals surface area contributed by atoms with Crippen LogP contribution in [0.15, 0.2) is 24.3 Å². The summed E-state index contributed by atoms with van der Waals surface area (Å²) in [4.78, 5) is 66.8. The summed E-state index contributed by atoms with van der Waals surface area (Å²) in [6, 6.07) is 0. The van der Waals surface area contributed by atoms with Gasteiger partial charge in [-0.15, -0.1) is 0 Å². The number of rotatable bonds is 14. The Labute approximate surface area is 299 Å². The molecule has 0 amide bonds. The van der Waals surface area contributed by atoms with E-state index in [-0.39, 0.29) is 69.8 Å². The molecule has 2 spiro atoms. The number of hydrogen-bond acceptors (Lipinski definition) is 9. The van der Waals surface area contributed by atoms with Gasteiger partial charge in [-0.05, 0) is 96.8 Å². The van der Waals surface area contributed by atoms with E-state index in [9.17, 15) is 24.0 Å². The fraction of sp³-hybridized carbons (Fsp3) is 0.780. The number of carbonyl (C=O) groups is 5. The number of fused-ring (bicyclic) bond motifs is 2. The van der Waals surface area contributed by atoms with Gasteiger partial charge in [0.1, 0.15) is 6.10 Å². The maximum atomic E-state index is 14.3. The Morgan fingerprint density at radius 3 is 2.32 bits per heavy atom. The van der Waals surface area contributed by atoms with Crippen LogP contribution in [0, 0.1) is 57.2 Å². The number of allylic oxidation sites excluding steroid dienone is 2. The lowest BCUT2D eigenvalue weighted by atomic mass is 9.43. The number of ketones is 2. The van der Waals surface area contributed by atoms with E-state index < -0.39 is 35.8 Å². The highest BCUT2D eigenvalue weighted by Gasteiger charge is 2.81. The molecular formula is C41H61NO8. The average molecular weight is 696 g/mol. The van der Waals surface area contributed by atoms with Crippen molar-refractivity contribution in [1.82, 2.24) is 4.90 Å². The van der Waals surface area contributed by atoms with E-state index in [1.807, 2.05) is 26.8 Å². The van der Waals surface area contributed by atoms with Crippen molar-refractivity contribution in [2.45, 2.75) is 119 Å². The second-order valence-corrected chi connectivity index (χ2v) is 17.0. The van der Waals surface area contributed by atoms with Crippen molar-refractivity contribution in [2.75, 3.05) is 26.2 Å². The molecule has 0 radical (unpaired) electrons. The Balaban J connectivity index is 1.39. The van der Waals surface area contributed by atoms with Crippen LogP contribution in [0.25, 0.3) is 0 Å². The SMILES string of the molecule is C=C(C(=O)[C@H](OC(C)=O)[C@@H](C)[C@H]1[C@@H](OC(C)=O)C[C@@]2(C)[C@@H]3CC[C@H]4[C@H](C)C(=O)C=C[C@@]45C[C@@]35CC[C@]12C)[C@@H](C)COC(=O)CCN(CC)CC. The quantitative estimate of drug-likeness (QED) is 0.114. The molecule has 278 valence electrons. The zero-order chi connectivity index (χ0) is 37.0. The third-order valence-electron chi connectivity index (χ3n) is 14.9. The van der Waals surface area contributed by atoms with Crippen LogP contribution in [0.4, 0.5) is 0 Å². The van der Waals surface area contributed by atoms with Crippen molar-refractivity contribution in [1.29, 1.82) is 0 Å². The van der Waals surface area contributed by atoms with Gasteiger partial charge in [-0.25, -0.2) is 0 Å². The minimum absolute atomic E-state index is 0.00326. The summed E-state index contributed by atoms with van der Waals surface area (Å²) in [5, 5.41) is 0. The van der Waals surface area contributed by atoms with Crippen LogP contribution in [-0.2, 0) is 38.2 Å². The predicted octanol–water partition coefficient (Wildman–Crippen LogP) is 6.53. The van der Waals surface area contributed by atoms with Crippen molar-refractivity contribution in [2.24, 2.45) is 57.2 Å². The van der Waals surface area contributed by atoms with Gasteiger partial charge in [-0.3, -0.25) is 24.0 Å². The minimum Gasteiger partial charge on any atom is -0.465 e. The van der Waals surface area contributed by atoms with Crippen LogP contribution in [0.2, 0.25) is 0 Å². The molecule has 0 unspecified atom stereocenters. The fourth-order valence-electron chi connectivity index (χ4n) is 12.0. The summed E-state index contributed by atoms with van der Waals surface area (Å²) in [5.41, 5.74) is -0.113. The van der Waals surface area contributed by atoms with Crippen molar-refractivity contribution in [3.05, 3.63) is 24.3 Å². The molecule has 0 aromatic carbocycles. The Morgan fingerprint density at radius 2 is 1.70 bits per heavy atom. The normalized spacial score (nSPS) is 38.4. The lowest BCUT2D eigenvalue weighted by molar-refractivity contribution is -0.166. The Kier molecular flexibility index (Phi) is 10.7. The highest BCUT2D eigenvalue weighted by Crippen LogP contribution is 2.87. The highest BCUT2D eigenvalue weighted by molar-refractivity contribution is 6.00. The van der Waals surface area contributed by atoms with Gasteiger partial charge < -0.3 is 19.1 Å². The van der Waals surface area contributed by atoms with E-state index >= 15 is 0 Å². The van der Waals surface area contributed by atoms with Crippen LogP contribution in [0.3, 0.4) is 0 Å². The molecule has 9 heteroatoms. The van der Waals surface area contributed by atoms with Crippen molar-refractivity contribution in [3.63, 3.8) is 0 Å². The van der Waals surface area contributed by atoms with Crippen LogP contribution in [-0.4, -0.2) is 72.8 Å². The number of carbonyl (C=O) groups excluding carboxylic acids is 5. The third-order valence-corrected chi connectivity index (χ3v) is 14.9. The maximum absolute atomic E-state index is 14.3. The van der Waals surface area contributed by atoms with E-state index in [1.165, 1.54) is 13.8 Å². The van der Waals surface area contributed by atoms with Crippen LogP contribution in [0.5, 0.6) is 0 Å². The Bertz CT molecular complexity index is 1430. The number of Topliss-reactive ketones (excluding diaryl/α,β-unsaturated/α-hetero) is 1. The van der Waals surface area contributed by atoms with E-state index in [0.29, 0.717) is 24.8 Å². The van der Waals surface area contributed by atoms with E-state index in [1.54, 1.807) is 6.92 Å². The lowest BCUT2D eigenvalue weighted by Gasteiger charge is -2.61. The van der Waals surface area contributed by atoms with E-state index in [4.69, 9.17) is 14.2 Å². The maximum Gasteiger partial charge on any atom is 0.307 e. The predicted molar refractivity (Wildman–Crippen MR) is 190 cm³/mol. The summed E-state index contributed by atoms with van der Waals surface area (Å²) in [5.74, 6) is -1.85. The molecular weight excluding hydrogens is 634 g/mol. The monoisotopic (exact) mass is 695 g/mol. The molecule has 0 aromatic rings. The van der Waals surface area contributed by atoms with E-state index in [2.05, 4.69) is 38.3 Å². The summed E-state index contributed by atoms with van der Waals surface area (Å²) < 4.78 is 17.6. The summed E-state index contributed by atoms with van der Waals surface area (Å²) in [7, 11) is 0. The van der Waals surface area contributed by atoms with Crippen LogP contribution >= 0.6 is 0 Å². The van der Waals surface area contributed by atoms with Crippen LogP contribution in [0.1, 0.15) is 107 Å². The zero-order valence-electron chi connectivity index (χ0n) is 32.0. The summed E-state index contributed by atoms with van der Waals surface area (Å²) in [6.07, 6.45) is 8.46. The standard InChI is InChI=1S/C41H61NO8/c1-11-42(12-2)20-16-34(46)48-22-24(3)25(4)36(47)37(50-29(8)44)27(6)35-32(49-28(7)43)21-39(10)33-14-13-30-26(5)31(45)15-17-40(30)23-41(33,40)19-18-38(35,39)9/h15,17,24,26-27,30,32-33,35,37H,4,11-14,16,18-23H2,1-3,5-10H3/t24-,26-,27-,30-,32-,33-,35-,37+,38+,39-,40+,41-/m0/s1. The first-order valence-electron chi connectivity index (χ1n) is 19.1.